The lowest BCUT2D eigenvalue weighted by Gasteiger charge is -2.07. The first kappa shape index (κ1) is 15.9. The maximum absolute atomic E-state index is 13.3. The molecule has 4 nitrogen and oxygen atoms in total. The molecule has 2 aromatic rings. The Morgan fingerprint density at radius 3 is 2.59 bits per heavy atom. The van der Waals surface area contributed by atoms with Crippen LogP contribution in [0.1, 0.15) is 11.3 Å². The van der Waals surface area contributed by atoms with E-state index in [2.05, 4.69) is 10.4 Å². The van der Waals surface area contributed by atoms with Crippen LogP contribution < -0.4 is 5.32 Å². The molecule has 9 heteroatoms. The zero-order valence-electron chi connectivity index (χ0n) is 11.0. The number of hydrogen-bond donors (Lipinski definition) is 1. The molecule has 0 aliphatic rings. The molecule has 0 saturated carbocycles. The minimum absolute atomic E-state index is 0.0650. The van der Waals surface area contributed by atoms with E-state index in [0.717, 1.165) is 35.1 Å². The predicted molar refractivity (Wildman–Crippen MR) is 65.4 cm³/mol. The summed E-state index contributed by atoms with van der Waals surface area (Å²) in [6.45, 7) is -0.747. The van der Waals surface area contributed by atoms with E-state index in [-0.39, 0.29) is 12.1 Å². The van der Waals surface area contributed by atoms with Gasteiger partial charge in [-0.3, -0.25) is 9.48 Å². The molecule has 0 spiro atoms. The van der Waals surface area contributed by atoms with Crippen LogP contribution in [0.2, 0.25) is 0 Å². The van der Waals surface area contributed by atoms with Gasteiger partial charge in [-0.05, 0) is 24.3 Å². The summed E-state index contributed by atoms with van der Waals surface area (Å²) in [5.41, 5.74) is -1.18. The second-order valence-corrected chi connectivity index (χ2v) is 4.41. The van der Waals surface area contributed by atoms with Gasteiger partial charge in [0.05, 0.1) is 0 Å². The Morgan fingerprint density at radius 2 is 1.95 bits per heavy atom. The highest BCUT2D eigenvalue weighted by molar-refractivity contribution is 5.75. The van der Waals surface area contributed by atoms with Crippen molar-refractivity contribution < 1.29 is 26.7 Å². The lowest BCUT2D eigenvalue weighted by Crippen LogP contribution is -2.28. The average Bonchev–Trinajstić information content (AvgIpc) is 2.88. The van der Waals surface area contributed by atoms with Gasteiger partial charge in [0.1, 0.15) is 18.2 Å². The van der Waals surface area contributed by atoms with Gasteiger partial charge in [0.25, 0.3) is 0 Å². The van der Waals surface area contributed by atoms with E-state index in [1.165, 1.54) is 0 Å². The average molecular weight is 319 g/mol. The summed E-state index contributed by atoms with van der Waals surface area (Å²) in [6.07, 6.45) is -3.59. The number of benzene rings is 1. The minimum Gasteiger partial charge on any atom is -0.350 e. The van der Waals surface area contributed by atoms with Crippen LogP contribution in [0.25, 0.3) is 0 Å². The van der Waals surface area contributed by atoms with Crippen LogP contribution in [0, 0.1) is 11.6 Å². The normalized spacial score (nSPS) is 11.5. The van der Waals surface area contributed by atoms with Crippen molar-refractivity contribution in [2.24, 2.45) is 0 Å². The van der Waals surface area contributed by atoms with Crippen molar-refractivity contribution in [3.63, 3.8) is 0 Å². The fourth-order valence-corrected chi connectivity index (χ4v) is 1.68. The van der Waals surface area contributed by atoms with Crippen LogP contribution >= 0.6 is 0 Å². The van der Waals surface area contributed by atoms with Gasteiger partial charge in [0.2, 0.25) is 5.91 Å². The number of hydrogen-bond acceptors (Lipinski definition) is 2. The largest absolute Gasteiger partial charge is 0.435 e. The van der Waals surface area contributed by atoms with Crippen molar-refractivity contribution in [2.45, 2.75) is 19.3 Å². The molecule has 1 heterocycles. The number of rotatable bonds is 4. The van der Waals surface area contributed by atoms with E-state index in [0.29, 0.717) is 0 Å². The number of aromatic nitrogens is 2. The van der Waals surface area contributed by atoms with Gasteiger partial charge in [-0.25, -0.2) is 8.78 Å². The predicted octanol–water partition coefficient (Wildman–Crippen LogP) is 2.50. The summed E-state index contributed by atoms with van der Waals surface area (Å²) < 4.78 is 64.1. The lowest BCUT2D eigenvalue weighted by atomic mass is 10.2. The Balaban J connectivity index is 1.93. The van der Waals surface area contributed by atoms with Gasteiger partial charge in [0, 0.05) is 18.3 Å². The topological polar surface area (TPSA) is 46.9 Å². The van der Waals surface area contributed by atoms with Crippen LogP contribution in [0.3, 0.4) is 0 Å². The highest BCUT2D eigenvalue weighted by Gasteiger charge is 2.33. The third-order valence-electron chi connectivity index (χ3n) is 2.72. The molecule has 0 radical (unpaired) electrons. The molecule has 2 rings (SSSR count). The molecule has 0 aliphatic carbocycles. The molecule has 0 fully saturated rings. The summed E-state index contributed by atoms with van der Waals surface area (Å²) in [5, 5.41) is 5.48. The molecule has 1 amide bonds. The highest BCUT2D eigenvalue weighted by atomic mass is 19.4. The van der Waals surface area contributed by atoms with Crippen molar-refractivity contribution >= 4 is 5.91 Å². The monoisotopic (exact) mass is 319 g/mol. The lowest BCUT2D eigenvalue weighted by molar-refractivity contribution is -0.141. The van der Waals surface area contributed by atoms with E-state index < -0.39 is 36.0 Å². The molecule has 0 aliphatic heterocycles. The van der Waals surface area contributed by atoms with E-state index in [1.807, 2.05) is 0 Å². The van der Waals surface area contributed by atoms with Crippen molar-refractivity contribution in [3.8, 4) is 0 Å². The third-order valence-corrected chi connectivity index (χ3v) is 2.72. The van der Waals surface area contributed by atoms with Gasteiger partial charge < -0.3 is 5.32 Å². The van der Waals surface area contributed by atoms with Gasteiger partial charge in [0.15, 0.2) is 5.69 Å². The standard InChI is InChI=1S/C13H10F5N3O/c14-9-1-2-10(15)8(5-9)6-19-12(22)7-21-4-3-11(20-21)13(16,17)18/h1-5H,6-7H2,(H,19,22). The molecule has 118 valence electrons. The molecule has 1 aromatic carbocycles. The zero-order valence-corrected chi connectivity index (χ0v) is 11.0. The summed E-state index contributed by atoms with van der Waals surface area (Å²) in [6, 6.07) is 3.51. The molecule has 1 N–H and O–H groups in total. The highest BCUT2D eigenvalue weighted by Crippen LogP contribution is 2.27. The first-order valence-electron chi connectivity index (χ1n) is 6.07. The van der Waals surface area contributed by atoms with Crippen LogP contribution in [-0.4, -0.2) is 15.7 Å². The molecule has 1 aromatic heterocycles. The zero-order chi connectivity index (χ0) is 16.3. The van der Waals surface area contributed by atoms with Crippen LogP contribution in [0.15, 0.2) is 30.5 Å². The van der Waals surface area contributed by atoms with Crippen LogP contribution in [0.5, 0.6) is 0 Å². The maximum Gasteiger partial charge on any atom is 0.435 e. The Kier molecular flexibility index (Phi) is 4.43. The molecule has 0 atom stereocenters. The first-order chi connectivity index (χ1) is 10.3. The molecule has 0 bridgehead atoms. The number of carbonyl (C=O) groups is 1. The van der Waals surface area contributed by atoms with E-state index in [9.17, 15) is 26.7 Å². The Bertz CT molecular complexity index is 681. The van der Waals surface area contributed by atoms with Gasteiger partial charge >= 0.3 is 6.18 Å². The number of nitrogens with zero attached hydrogens (tertiary/aromatic N) is 2. The maximum atomic E-state index is 13.3. The summed E-state index contributed by atoms with van der Waals surface area (Å²) in [5.74, 6) is -2.03. The molecule has 0 saturated heterocycles. The second kappa shape index (κ2) is 6.12. The molecular formula is C13H10F5N3O. The van der Waals surface area contributed by atoms with Gasteiger partial charge in [-0.2, -0.15) is 18.3 Å². The van der Waals surface area contributed by atoms with Gasteiger partial charge in [-0.15, -0.1) is 0 Å². The van der Waals surface area contributed by atoms with Crippen molar-refractivity contribution in [1.82, 2.24) is 15.1 Å². The Morgan fingerprint density at radius 1 is 1.23 bits per heavy atom. The smallest absolute Gasteiger partial charge is 0.350 e. The fourth-order valence-electron chi connectivity index (χ4n) is 1.68. The van der Waals surface area contributed by atoms with E-state index >= 15 is 0 Å². The minimum atomic E-state index is -4.59. The summed E-state index contributed by atoms with van der Waals surface area (Å²) in [7, 11) is 0. The third kappa shape index (κ3) is 4.03. The van der Waals surface area contributed by atoms with Gasteiger partial charge in [-0.1, -0.05) is 0 Å². The first-order valence-corrected chi connectivity index (χ1v) is 6.07. The molecule has 0 unspecified atom stereocenters. The number of nitrogens with one attached hydrogen (secondary N) is 1. The molecule has 22 heavy (non-hydrogen) atoms. The quantitative estimate of drug-likeness (QED) is 0.880. The van der Waals surface area contributed by atoms with Crippen molar-refractivity contribution in [3.05, 3.63) is 53.4 Å². The van der Waals surface area contributed by atoms with Crippen molar-refractivity contribution in [2.75, 3.05) is 0 Å². The molecular weight excluding hydrogens is 309 g/mol. The second-order valence-electron chi connectivity index (χ2n) is 4.41. The van der Waals surface area contributed by atoms with Crippen LogP contribution in [-0.2, 0) is 24.1 Å². The summed E-state index contributed by atoms with van der Waals surface area (Å²) >= 11 is 0. The summed E-state index contributed by atoms with van der Waals surface area (Å²) in [4.78, 5) is 11.6. The van der Waals surface area contributed by atoms with Crippen molar-refractivity contribution in [1.29, 1.82) is 0 Å². The Labute approximate surface area is 121 Å². The van der Waals surface area contributed by atoms with E-state index in [1.54, 1.807) is 0 Å². The van der Waals surface area contributed by atoms with E-state index in [4.69, 9.17) is 0 Å². The Hall–Kier alpha value is -2.45. The SMILES string of the molecule is O=C(Cn1ccc(C(F)(F)F)n1)NCc1cc(F)ccc1F. The number of amides is 1. The fraction of sp³-hybridized carbons (Fsp3) is 0.231. The number of alkyl halides is 3. The number of carbonyl (C=O) groups excluding carboxylic acids is 1. The van der Waals surface area contributed by atoms with Crippen LogP contribution in [0.4, 0.5) is 22.0 Å². The number of halogens is 5.